The van der Waals surface area contributed by atoms with Crippen LogP contribution in [0.2, 0.25) is 0 Å². The molecule has 7 nitrogen and oxygen atoms in total. The minimum absolute atomic E-state index is 0.0137. The summed E-state index contributed by atoms with van der Waals surface area (Å²) < 4.78 is 26.5. The molecule has 8 heteroatoms. The average Bonchev–Trinajstić information content (AvgIpc) is 2.47. The second-order valence-corrected chi connectivity index (χ2v) is 6.88. The van der Waals surface area contributed by atoms with Crippen molar-refractivity contribution in [3.63, 3.8) is 0 Å². The number of carboxylic acid groups (broad SMARTS) is 1. The Morgan fingerprint density at radius 3 is 2.35 bits per heavy atom. The number of hydrogen-bond acceptors (Lipinski definition) is 4. The smallest absolute Gasteiger partial charge is 0.305 e. The summed E-state index contributed by atoms with van der Waals surface area (Å²) in [6.07, 6.45) is -0.192. The molecular weight excluding hydrogens is 320 g/mol. The number of rotatable bonds is 8. The van der Waals surface area contributed by atoms with Gasteiger partial charge < -0.3 is 10.4 Å². The number of carbonyl (C=O) groups is 2. The lowest BCUT2D eigenvalue weighted by Gasteiger charge is -2.20. The van der Waals surface area contributed by atoms with E-state index < -0.39 is 21.9 Å². The van der Waals surface area contributed by atoms with E-state index in [1.165, 1.54) is 16.4 Å². The van der Waals surface area contributed by atoms with Crippen molar-refractivity contribution >= 4 is 21.9 Å². The molecule has 0 bridgehead atoms. The van der Waals surface area contributed by atoms with Gasteiger partial charge in [-0.1, -0.05) is 19.9 Å². The first-order chi connectivity index (χ1) is 10.7. The second-order valence-electron chi connectivity index (χ2n) is 4.97. The highest BCUT2D eigenvalue weighted by Gasteiger charge is 2.24. The zero-order valence-electron chi connectivity index (χ0n) is 13.5. The van der Waals surface area contributed by atoms with Crippen molar-refractivity contribution < 1.29 is 23.1 Å². The summed E-state index contributed by atoms with van der Waals surface area (Å²) >= 11 is 0. The lowest BCUT2D eigenvalue weighted by Crippen LogP contribution is -2.31. The predicted octanol–water partition coefficient (Wildman–Crippen LogP) is 1.23. The van der Waals surface area contributed by atoms with E-state index in [1.54, 1.807) is 26.8 Å². The van der Waals surface area contributed by atoms with Gasteiger partial charge in [-0.25, -0.2) is 8.42 Å². The number of amides is 1. The minimum Gasteiger partial charge on any atom is -0.481 e. The van der Waals surface area contributed by atoms with E-state index in [1.807, 2.05) is 0 Å². The first kappa shape index (κ1) is 19.1. The number of carboxylic acids is 1. The van der Waals surface area contributed by atoms with Crippen LogP contribution in [0.1, 0.15) is 36.2 Å². The van der Waals surface area contributed by atoms with Gasteiger partial charge >= 0.3 is 5.97 Å². The summed E-state index contributed by atoms with van der Waals surface area (Å²) in [4.78, 5) is 22.6. The fraction of sp³-hybridized carbons (Fsp3) is 0.467. The Balaban J connectivity index is 3.08. The summed E-state index contributed by atoms with van der Waals surface area (Å²) in [5, 5.41) is 11.0. The highest BCUT2D eigenvalue weighted by atomic mass is 32.2. The van der Waals surface area contributed by atoms with Crippen LogP contribution in [0.4, 0.5) is 0 Å². The largest absolute Gasteiger partial charge is 0.481 e. The normalized spacial score (nSPS) is 11.5. The molecule has 0 spiro atoms. The Morgan fingerprint density at radius 2 is 1.83 bits per heavy atom. The van der Waals surface area contributed by atoms with Crippen molar-refractivity contribution in [1.29, 1.82) is 0 Å². The Bertz CT molecular complexity index is 681. The number of benzene rings is 1. The van der Waals surface area contributed by atoms with Gasteiger partial charge in [0.2, 0.25) is 10.0 Å². The van der Waals surface area contributed by atoms with Gasteiger partial charge in [0.15, 0.2) is 0 Å². The molecule has 1 rings (SSSR count). The fourth-order valence-corrected chi connectivity index (χ4v) is 3.82. The molecule has 1 amide bonds. The Labute approximate surface area is 136 Å². The van der Waals surface area contributed by atoms with Gasteiger partial charge in [0, 0.05) is 25.2 Å². The van der Waals surface area contributed by atoms with Gasteiger partial charge in [-0.15, -0.1) is 0 Å². The van der Waals surface area contributed by atoms with Crippen LogP contribution in [0.15, 0.2) is 23.1 Å². The molecule has 0 aliphatic heterocycles. The van der Waals surface area contributed by atoms with Crippen molar-refractivity contribution in [3.05, 3.63) is 29.3 Å². The molecule has 0 atom stereocenters. The van der Waals surface area contributed by atoms with Crippen molar-refractivity contribution in [2.75, 3.05) is 19.6 Å². The number of aliphatic carboxylic acids is 1. The number of aryl methyl sites for hydroxylation is 1. The van der Waals surface area contributed by atoms with Gasteiger partial charge in [0.05, 0.1) is 11.3 Å². The van der Waals surface area contributed by atoms with Gasteiger partial charge in [-0.05, 0) is 24.6 Å². The number of hydrogen-bond donors (Lipinski definition) is 2. The van der Waals surface area contributed by atoms with Crippen LogP contribution in [0.3, 0.4) is 0 Å². The molecule has 0 saturated carbocycles. The zero-order chi connectivity index (χ0) is 17.6. The van der Waals surface area contributed by atoms with E-state index in [-0.39, 0.29) is 23.4 Å². The second kappa shape index (κ2) is 8.07. The summed E-state index contributed by atoms with van der Waals surface area (Å²) in [5.74, 6) is -1.51. The van der Waals surface area contributed by atoms with Crippen LogP contribution >= 0.6 is 0 Å². The lowest BCUT2D eigenvalue weighted by atomic mass is 10.1. The minimum atomic E-state index is -3.66. The quantitative estimate of drug-likeness (QED) is 0.739. The van der Waals surface area contributed by atoms with E-state index >= 15 is 0 Å². The van der Waals surface area contributed by atoms with E-state index in [4.69, 9.17) is 5.11 Å². The van der Waals surface area contributed by atoms with E-state index in [2.05, 4.69) is 5.32 Å². The summed E-state index contributed by atoms with van der Waals surface area (Å²) in [6.45, 7) is 5.83. The zero-order valence-corrected chi connectivity index (χ0v) is 14.3. The topological polar surface area (TPSA) is 104 Å². The summed E-state index contributed by atoms with van der Waals surface area (Å²) in [7, 11) is -3.66. The number of carbonyl (C=O) groups excluding carboxylic acids is 1. The molecule has 23 heavy (non-hydrogen) atoms. The molecule has 1 aromatic carbocycles. The summed E-state index contributed by atoms with van der Waals surface area (Å²) in [5.41, 5.74) is 0.741. The van der Waals surface area contributed by atoms with Gasteiger partial charge in [-0.3, -0.25) is 9.59 Å². The monoisotopic (exact) mass is 342 g/mol. The molecular formula is C15H22N2O5S. The van der Waals surface area contributed by atoms with Crippen LogP contribution in [-0.2, 0) is 14.8 Å². The van der Waals surface area contributed by atoms with E-state index in [9.17, 15) is 18.0 Å². The number of nitrogens with one attached hydrogen (secondary N) is 1. The molecule has 0 heterocycles. The molecule has 0 saturated heterocycles. The van der Waals surface area contributed by atoms with E-state index in [0.717, 1.165) is 0 Å². The van der Waals surface area contributed by atoms with Crippen LogP contribution in [0, 0.1) is 6.92 Å². The van der Waals surface area contributed by atoms with Crippen LogP contribution in [0.5, 0.6) is 0 Å². The molecule has 128 valence electrons. The SMILES string of the molecule is CCN(CC)S(=O)(=O)c1cc(C(=O)NCCC(=O)O)ccc1C. The maximum Gasteiger partial charge on any atom is 0.305 e. The first-order valence-corrected chi connectivity index (χ1v) is 8.78. The highest BCUT2D eigenvalue weighted by Crippen LogP contribution is 2.21. The maximum atomic E-state index is 12.6. The average molecular weight is 342 g/mol. The third-order valence-electron chi connectivity index (χ3n) is 3.40. The third kappa shape index (κ3) is 4.77. The predicted molar refractivity (Wildman–Crippen MR) is 85.9 cm³/mol. The first-order valence-electron chi connectivity index (χ1n) is 7.34. The molecule has 0 fully saturated rings. The lowest BCUT2D eigenvalue weighted by molar-refractivity contribution is -0.136. The molecule has 2 N–H and O–H groups in total. The van der Waals surface area contributed by atoms with Crippen molar-refractivity contribution in [3.8, 4) is 0 Å². The number of sulfonamides is 1. The van der Waals surface area contributed by atoms with Gasteiger partial charge in [0.25, 0.3) is 5.91 Å². The number of nitrogens with zero attached hydrogens (tertiary/aromatic N) is 1. The van der Waals surface area contributed by atoms with Crippen LogP contribution in [0.25, 0.3) is 0 Å². The highest BCUT2D eigenvalue weighted by molar-refractivity contribution is 7.89. The van der Waals surface area contributed by atoms with Crippen LogP contribution in [-0.4, -0.2) is 49.3 Å². The molecule has 0 radical (unpaired) electrons. The van der Waals surface area contributed by atoms with Crippen molar-refractivity contribution in [2.24, 2.45) is 0 Å². The molecule has 0 aliphatic carbocycles. The third-order valence-corrected chi connectivity index (χ3v) is 5.59. The molecule has 1 aromatic rings. The standard InChI is InChI=1S/C15H22N2O5S/c1-4-17(5-2)23(21,22)13-10-12(7-6-11(13)3)15(20)16-9-8-14(18)19/h6-7,10H,4-5,8-9H2,1-3H3,(H,16,20)(H,18,19). The van der Waals surface area contributed by atoms with E-state index in [0.29, 0.717) is 18.7 Å². The Morgan fingerprint density at radius 1 is 1.22 bits per heavy atom. The maximum absolute atomic E-state index is 12.6. The molecule has 0 unspecified atom stereocenters. The Kier molecular flexibility index (Phi) is 6.71. The van der Waals surface area contributed by atoms with Crippen molar-refractivity contribution in [2.45, 2.75) is 32.1 Å². The van der Waals surface area contributed by atoms with Crippen LogP contribution < -0.4 is 5.32 Å². The van der Waals surface area contributed by atoms with Gasteiger partial charge in [-0.2, -0.15) is 4.31 Å². The van der Waals surface area contributed by atoms with Gasteiger partial charge in [0.1, 0.15) is 0 Å². The molecule has 0 aromatic heterocycles. The fourth-order valence-electron chi connectivity index (χ4n) is 2.11. The van der Waals surface area contributed by atoms with Crippen molar-refractivity contribution in [1.82, 2.24) is 9.62 Å². The Hall–Kier alpha value is -1.93. The summed E-state index contributed by atoms with van der Waals surface area (Å²) in [6, 6.07) is 4.42. The molecule has 0 aliphatic rings.